The van der Waals surface area contributed by atoms with Gasteiger partial charge in [0.25, 0.3) is 5.91 Å². The van der Waals surface area contributed by atoms with Gasteiger partial charge >= 0.3 is 0 Å². The molecule has 0 saturated heterocycles. The van der Waals surface area contributed by atoms with Crippen molar-refractivity contribution < 1.29 is 9.32 Å². The van der Waals surface area contributed by atoms with E-state index in [-0.39, 0.29) is 17.9 Å². The van der Waals surface area contributed by atoms with Crippen LogP contribution in [0.25, 0.3) is 22.3 Å². The average Bonchev–Trinajstić information content (AvgIpc) is 3.32. The lowest BCUT2D eigenvalue weighted by Gasteiger charge is -2.21. The van der Waals surface area contributed by atoms with Gasteiger partial charge in [-0.2, -0.15) is 0 Å². The fraction of sp³-hybridized carbons (Fsp3) is 0.474. The van der Waals surface area contributed by atoms with Crippen molar-refractivity contribution in [1.82, 2.24) is 24.6 Å². The predicted molar refractivity (Wildman–Crippen MR) is 100 cm³/mol. The summed E-state index contributed by atoms with van der Waals surface area (Å²) in [6, 6.07) is 0.149. The molecule has 1 fully saturated rings. The molecule has 0 radical (unpaired) electrons. The van der Waals surface area contributed by atoms with Gasteiger partial charge in [-0.3, -0.25) is 4.79 Å². The van der Waals surface area contributed by atoms with E-state index in [1.165, 1.54) is 6.33 Å². The summed E-state index contributed by atoms with van der Waals surface area (Å²) in [5.41, 5.74) is 10.0. The molecular weight excluding hydrogens is 344 g/mol. The minimum Gasteiger partial charge on any atom is -0.383 e. The van der Waals surface area contributed by atoms with Gasteiger partial charge in [0.15, 0.2) is 5.76 Å². The summed E-state index contributed by atoms with van der Waals surface area (Å²) in [5.74, 6) is 1.38. The van der Waals surface area contributed by atoms with Crippen LogP contribution in [0.2, 0.25) is 0 Å². The number of aromatic nitrogens is 4. The van der Waals surface area contributed by atoms with Crippen LogP contribution in [-0.4, -0.2) is 37.0 Å². The topological polar surface area (TPSA) is 103 Å². The van der Waals surface area contributed by atoms with Gasteiger partial charge in [-0.15, -0.1) is 0 Å². The summed E-state index contributed by atoms with van der Waals surface area (Å²) in [7, 11) is 0. The molecule has 0 atom stereocenters. The Balaban J connectivity index is 1.92. The number of amides is 1. The SMILES string of the molecule is CCN1Cc2c(c3c(N)ncnc3n2C(C)C)-c2noc(C3CC3)c2C1=O. The second-order valence-electron chi connectivity index (χ2n) is 7.61. The summed E-state index contributed by atoms with van der Waals surface area (Å²) in [6.45, 7) is 7.27. The molecular formula is C19H22N6O2. The van der Waals surface area contributed by atoms with Crippen LogP contribution in [-0.2, 0) is 6.54 Å². The monoisotopic (exact) mass is 366 g/mol. The molecule has 1 amide bonds. The molecule has 140 valence electrons. The lowest BCUT2D eigenvalue weighted by molar-refractivity contribution is 0.0749. The van der Waals surface area contributed by atoms with E-state index in [0.717, 1.165) is 35.1 Å². The van der Waals surface area contributed by atoms with Crippen LogP contribution < -0.4 is 5.73 Å². The van der Waals surface area contributed by atoms with E-state index in [0.29, 0.717) is 35.9 Å². The zero-order valence-corrected chi connectivity index (χ0v) is 15.7. The summed E-state index contributed by atoms with van der Waals surface area (Å²) >= 11 is 0. The van der Waals surface area contributed by atoms with Crippen LogP contribution in [0.5, 0.6) is 0 Å². The number of hydrogen-bond donors (Lipinski definition) is 1. The number of anilines is 1. The molecule has 8 nitrogen and oxygen atoms in total. The number of carbonyl (C=O) groups is 1. The van der Waals surface area contributed by atoms with Crippen molar-refractivity contribution in [2.75, 3.05) is 12.3 Å². The Hall–Kier alpha value is -2.90. The molecule has 4 heterocycles. The molecule has 1 saturated carbocycles. The number of nitrogens with two attached hydrogens (primary N) is 1. The lowest BCUT2D eigenvalue weighted by Crippen LogP contribution is -2.30. The Morgan fingerprint density at radius 1 is 1.30 bits per heavy atom. The van der Waals surface area contributed by atoms with E-state index >= 15 is 0 Å². The Morgan fingerprint density at radius 3 is 2.74 bits per heavy atom. The van der Waals surface area contributed by atoms with Crippen molar-refractivity contribution in [1.29, 1.82) is 0 Å². The molecule has 5 rings (SSSR count). The van der Waals surface area contributed by atoms with Crippen molar-refractivity contribution in [3.63, 3.8) is 0 Å². The van der Waals surface area contributed by atoms with E-state index in [2.05, 4.69) is 33.5 Å². The Labute approximate surface area is 156 Å². The van der Waals surface area contributed by atoms with Crippen molar-refractivity contribution in [2.45, 2.75) is 52.1 Å². The average molecular weight is 366 g/mol. The van der Waals surface area contributed by atoms with Gasteiger partial charge < -0.3 is 19.7 Å². The van der Waals surface area contributed by atoms with Crippen molar-refractivity contribution in [3.05, 3.63) is 23.3 Å². The molecule has 0 spiro atoms. The van der Waals surface area contributed by atoms with Crippen LogP contribution in [0, 0.1) is 0 Å². The molecule has 0 bridgehead atoms. The van der Waals surface area contributed by atoms with E-state index in [9.17, 15) is 4.79 Å². The third-order valence-corrected chi connectivity index (χ3v) is 5.56. The number of rotatable bonds is 3. The lowest BCUT2D eigenvalue weighted by atomic mass is 10.0. The maximum Gasteiger partial charge on any atom is 0.260 e. The molecule has 1 aliphatic carbocycles. The summed E-state index contributed by atoms with van der Waals surface area (Å²) in [6.07, 6.45) is 3.55. The van der Waals surface area contributed by atoms with Gasteiger partial charge in [-0.25, -0.2) is 9.97 Å². The molecule has 3 aromatic rings. The number of hydrogen-bond acceptors (Lipinski definition) is 6. The van der Waals surface area contributed by atoms with Crippen molar-refractivity contribution in [3.8, 4) is 11.3 Å². The fourth-order valence-corrected chi connectivity index (χ4v) is 4.14. The molecule has 0 aromatic carbocycles. The first-order chi connectivity index (χ1) is 13.0. The first-order valence-corrected chi connectivity index (χ1v) is 9.45. The van der Waals surface area contributed by atoms with E-state index in [1.54, 1.807) is 0 Å². The van der Waals surface area contributed by atoms with Gasteiger partial charge in [0.1, 0.15) is 29.0 Å². The highest BCUT2D eigenvalue weighted by atomic mass is 16.5. The highest BCUT2D eigenvalue weighted by molar-refractivity contribution is 6.09. The van der Waals surface area contributed by atoms with Crippen molar-refractivity contribution >= 4 is 22.8 Å². The molecule has 3 aromatic heterocycles. The number of nitrogen functional groups attached to an aromatic ring is 1. The normalized spacial score (nSPS) is 16.7. The van der Waals surface area contributed by atoms with Gasteiger partial charge in [-0.1, -0.05) is 5.16 Å². The summed E-state index contributed by atoms with van der Waals surface area (Å²) < 4.78 is 7.83. The highest BCUT2D eigenvalue weighted by Gasteiger charge is 2.41. The maximum atomic E-state index is 13.3. The van der Waals surface area contributed by atoms with Gasteiger partial charge in [0, 0.05) is 29.8 Å². The minimum atomic E-state index is -0.0225. The second-order valence-corrected chi connectivity index (χ2v) is 7.61. The molecule has 1 aliphatic heterocycles. The Bertz CT molecular complexity index is 1080. The smallest absolute Gasteiger partial charge is 0.260 e. The fourth-order valence-electron chi connectivity index (χ4n) is 4.14. The zero-order chi connectivity index (χ0) is 18.9. The van der Waals surface area contributed by atoms with E-state index in [4.69, 9.17) is 10.3 Å². The number of carbonyl (C=O) groups excluding carboxylic acids is 1. The Kier molecular flexibility index (Phi) is 3.35. The first-order valence-electron chi connectivity index (χ1n) is 9.45. The molecule has 27 heavy (non-hydrogen) atoms. The maximum absolute atomic E-state index is 13.3. The molecule has 2 aliphatic rings. The summed E-state index contributed by atoms with van der Waals surface area (Å²) in [5, 5.41) is 5.11. The zero-order valence-electron chi connectivity index (χ0n) is 15.7. The largest absolute Gasteiger partial charge is 0.383 e. The summed E-state index contributed by atoms with van der Waals surface area (Å²) in [4.78, 5) is 23.9. The minimum absolute atomic E-state index is 0.0225. The Morgan fingerprint density at radius 2 is 2.07 bits per heavy atom. The second kappa shape index (κ2) is 5.55. The van der Waals surface area contributed by atoms with Crippen LogP contribution in [0.15, 0.2) is 10.9 Å². The number of nitrogens with zero attached hydrogens (tertiary/aromatic N) is 5. The van der Waals surface area contributed by atoms with Crippen molar-refractivity contribution in [2.24, 2.45) is 0 Å². The third kappa shape index (κ3) is 2.15. The molecule has 2 N–H and O–H groups in total. The van der Waals surface area contributed by atoms with E-state index in [1.807, 2.05) is 11.8 Å². The molecule has 0 unspecified atom stereocenters. The van der Waals surface area contributed by atoms with Crippen LogP contribution in [0.3, 0.4) is 0 Å². The standard InChI is InChI=1S/C19H22N6O2/c1-4-24-7-11-12(13-17(20)21-8-22-18(13)25(11)9(2)3)15-14(19(24)26)16(27-23-15)10-5-6-10/h8-10H,4-7H2,1-3H3,(H2,20,21,22). The van der Waals surface area contributed by atoms with Crippen LogP contribution in [0.1, 0.15) is 67.4 Å². The quantitative estimate of drug-likeness (QED) is 0.764. The third-order valence-electron chi connectivity index (χ3n) is 5.56. The highest BCUT2D eigenvalue weighted by Crippen LogP contribution is 2.48. The molecule has 8 heteroatoms. The van der Waals surface area contributed by atoms with Gasteiger partial charge in [0.2, 0.25) is 0 Å². The number of fused-ring (bicyclic) bond motifs is 5. The predicted octanol–water partition coefficient (Wildman–Crippen LogP) is 3.10. The van der Waals surface area contributed by atoms with Crippen LogP contribution in [0.4, 0.5) is 5.82 Å². The van der Waals surface area contributed by atoms with Crippen LogP contribution >= 0.6 is 0 Å². The van der Waals surface area contributed by atoms with Gasteiger partial charge in [-0.05, 0) is 33.6 Å². The van der Waals surface area contributed by atoms with Gasteiger partial charge in [0.05, 0.1) is 11.9 Å². The first kappa shape index (κ1) is 16.3. The van der Waals surface area contributed by atoms with E-state index < -0.39 is 0 Å².